The Morgan fingerprint density at radius 3 is 2.61 bits per heavy atom. The normalized spacial score (nSPS) is 15.1. The van der Waals surface area contributed by atoms with Crippen LogP contribution in [-0.4, -0.2) is 47.7 Å². The molecule has 0 radical (unpaired) electrons. The Balaban J connectivity index is 1.45. The lowest BCUT2D eigenvalue weighted by Crippen LogP contribution is -2.21. The third-order valence-electron chi connectivity index (χ3n) is 5.89. The molecule has 0 bridgehead atoms. The molecule has 1 saturated heterocycles. The fourth-order valence-electron chi connectivity index (χ4n) is 4.03. The molecule has 1 fully saturated rings. The summed E-state index contributed by atoms with van der Waals surface area (Å²) in [6, 6.07) is 4.11. The predicted molar refractivity (Wildman–Crippen MR) is 116 cm³/mol. The predicted octanol–water partition coefficient (Wildman–Crippen LogP) is 2.57. The minimum absolute atomic E-state index is 0.157. The summed E-state index contributed by atoms with van der Waals surface area (Å²) >= 11 is 0. The van der Waals surface area contributed by atoms with Crippen LogP contribution in [0.25, 0.3) is 16.7 Å². The van der Waals surface area contributed by atoms with Gasteiger partial charge in [-0.05, 0) is 51.3 Å². The van der Waals surface area contributed by atoms with Crippen LogP contribution in [0.5, 0.6) is 0 Å². The molecule has 5 heterocycles. The van der Waals surface area contributed by atoms with E-state index in [2.05, 4.69) is 20.2 Å². The van der Waals surface area contributed by atoms with Gasteiger partial charge in [0.2, 0.25) is 0 Å². The van der Waals surface area contributed by atoms with Crippen LogP contribution in [0, 0.1) is 20.8 Å². The minimum Gasteiger partial charge on any atom is -0.381 e. The van der Waals surface area contributed by atoms with Gasteiger partial charge in [-0.3, -0.25) is 9.78 Å². The second kappa shape index (κ2) is 7.73. The molecule has 9 heteroatoms. The summed E-state index contributed by atoms with van der Waals surface area (Å²) in [6.07, 6.45) is 5.94. The molecular weight excluding hydrogens is 394 g/mol. The number of hydrogen-bond acceptors (Lipinski definition) is 6. The van der Waals surface area contributed by atoms with Crippen LogP contribution in [0.15, 0.2) is 29.3 Å². The molecule has 4 aromatic heterocycles. The van der Waals surface area contributed by atoms with Gasteiger partial charge in [-0.2, -0.15) is 10.2 Å². The maximum atomic E-state index is 12.8. The molecule has 4 aromatic rings. The summed E-state index contributed by atoms with van der Waals surface area (Å²) in [5.74, 6) is 0.580. The molecule has 0 spiro atoms. The fraction of sp³-hybridized carbons (Fsp3) is 0.409. The molecule has 0 amide bonds. The lowest BCUT2D eigenvalue weighted by Gasteiger charge is -2.22. The zero-order chi connectivity index (χ0) is 21.5. The number of rotatable bonds is 4. The van der Waals surface area contributed by atoms with Crippen molar-refractivity contribution in [3.05, 3.63) is 63.3 Å². The van der Waals surface area contributed by atoms with Crippen LogP contribution < -0.4 is 5.56 Å². The first kappa shape index (κ1) is 19.6. The number of nitrogens with one attached hydrogen (secondary N) is 1. The van der Waals surface area contributed by atoms with Crippen molar-refractivity contribution in [3.8, 4) is 5.69 Å². The van der Waals surface area contributed by atoms with Gasteiger partial charge in [0, 0.05) is 31.5 Å². The molecule has 1 N–H and O–H groups in total. The highest BCUT2D eigenvalue weighted by molar-refractivity contribution is 5.77. The molecule has 5 rings (SSSR count). The molecule has 9 nitrogen and oxygen atoms in total. The Labute approximate surface area is 179 Å². The number of aromatic nitrogens is 7. The highest BCUT2D eigenvalue weighted by Gasteiger charge is 2.22. The highest BCUT2D eigenvalue weighted by atomic mass is 16.5. The number of ether oxygens (including phenoxy) is 1. The SMILES string of the molecule is Cc1cn(-c2ccc(Cc3nc4c(c(C)nn4C4CCOCC4)c(=O)[nH]3)nc2)nc1C. The van der Waals surface area contributed by atoms with E-state index in [1.54, 1.807) is 6.20 Å². The zero-order valence-corrected chi connectivity index (χ0v) is 17.9. The topological polar surface area (TPSA) is 104 Å². The van der Waals surface area contributed by atoms with Gasteiger partial charge < -0.3 is 9.72 Å². The smallest absolute Gasteiger partial charge is 0.262 e. The number of aryl methyl sites for hydroxylation is 3. The monoisotopic (exact) mass is 419 g/mol. The van der Waals surface area contributed by atoms with E-state index in [1.165, 1.54) is 0 Å². The van der Waals surface area contributed by atoms with Crippen LogP contribution in [0.1, 0.15) is 47.4 Å². The fourth-order valence-corrected chi connectivity index (χ4v) is 4.03. The standard InChI is InChI=1S/C22H25N7O2/c1-13-12-28(26-14(13)2)18-5-4-16(23-11-18)10-19-24-21-20(22(30)25-19)15(3)27-29(21)17-6-8-31-9-7-17/h4-5,11-12,17H,6-10H2,1-3H3,(H,24,25,30). The third kappa shape index (κ3) is 3.65. The Bertz CT molecular complexity index is 1270. The third-order valence-corrected chi connectivity index (χ3v) is 5.89. The van der Waals surface area contributed by atoms with Crippen molar-refractivity contribution in [3.63, 3.8) is 0 Å². The molecule has 0 saturated carbocycles. The van der Waals surface area contributed by atoms with Gasteiger partial charge in [0.1, 0.15) is 11.2 Å². The first-order valence-corrected chi connectivity index (χ1v) is 10.5. The molecular formula is C22H25N7O2. The maximum absolute atomic E-state index is 12.8. The first-order chi connectivity index (χ1) is 15.0. The van der Waals surface area contributed by atoms with Gasteiger partial charge in [-0.25, -0.2) is 14.3 Å². The lowest BCUT2D eigenvalue weighted by atomic mass is 10.1. The van der Waals surface area contributed by atoms with E-state index in [0.29, 0.717) is 42.2 Å². The zero-order valence-electron chi connectivity index (χ0n) is 17.9. The van der Waals surface area contributed by atoms with Crippen LogP contribution >= 0.6 is 0 Å². The molecule has 0 aromatic carbocycles. The van der Waals surface area contributed by atoms with Gasteiger partial charge >= 0.3 is 0 Å². The van der Waals surface area contributed by atoms with Crippen LogP contribution in [-0.2, 0) is 11.2 Å². The van der Waals surface area contributed by atoms with E-state index < -0.39 is 0 Å². The number of hydrogen-bond donors (Lipinski definition) is 1. The Morgan fingerprint density at radius 1 is 1.13 bits per heavy atom. The Hall–Kier alpha value is -3.33. The van der Waals surface area contributed by atoms with Gasteiger partial charge in [0.15, 0.2) is 5.65 Å². The van der Waals surface area contributed by atoms with Crippen LogP contribution in [0.4, 0.5) is 0 Å². The Morgan fingerprint density at radius 2 is 1.94 bits per heavy atom. The molecule has 1 aliphatic heterocycles. The first-order valence-electron chi connectivity index (χ1n) is 10.5. The van der Waals surface area contributed by atoms with Crippen LogP contribution in [0.3, 0.4) is 0 Å². The lowest BCUT2D eigenvalue weighted by molar-refractivity contribution is 0.0672. The molecule has 0 atom stereocenters. The van der Waals surface area contributed by atoms with Crippen molar-refractivity contribution < 1.29 is 4.74 Å². The van der Waals surface area contributed by atoms with Crippen molar-refractivity contribution in [1.29, 1.82) is 0 Å². The molecule has 0 unspecified atom stereocenters. The summed E-state index contributed by atoms with van der Waals surface area (Å²) in [5, 5.41) is 9.68. The summed E-state index contributed by atoms with van der Waals surface area (Å²) < 4.78 is 9.20. The number of aromatic amines is 1. The summed E-state index contributed by atoms with van der Waals surface area (Å²) in [7, 11) is 0. The van der Waals surface area contributed by atoms with Gasteiger partial charge in [-0.15, -0.1) is 0 Å². The van der Waals surface area contributed by atoms with Crippen molar-refractivity contribution in [1.82, 2.24) is 34.5 Å². The van der Waals surface area contributed by atoms with Crippen molar-refractivity contribution in [2.45, 2.75) is 46.1 Å². The van der Waals surface area contributed by atoms with E-state index in [0.717, 1.165) is 35.5 Å². The van der Waals surface area contributed by atoms with Gasteiger partial charge in [0.05, 0.1) is 29.3 Å². The largest absolute Gasteiger partial charge is 0.381 e. The average Bonchev–Trinajstić information content (AvgIpc) is 3.28. The quantitative estimate of drug-likeness (QED) is 0.545. The van der Waals surface area contributed by atoms with E-state index in [1.807, 2.05) is 48.5 Å². The van der Waals surface area contributed by atoms with Crippen molar-refractivity contribution in [2.24, 2.45) is 0 Å². The minimum atomic E-state index is -0.157. The van der Waals surface area contributed by atoms with Crippen molar-refractivity contribution in [2.75, 3.05) is 13.2 Å². The van der Waals surface area contributed by atoms with Gasteiger partial charge in [0.25, 0.3) is 5.56 Å². The number of fused-ring (bicyclic) bond motifs is 1. The van der Waals surface area contributed by atoms with E-state index in [9.17, 15) is 4.79 Å². The summed E-state index contributed by atoms with van der Waals surface area (Å²) in [6.45, 7) is 7.28. The molecule has 31 heavy (non-hydrogen) atoms. The summed E-state index contributed by atoms with van der Waals surface area (Å²) in [5.41, 5.74) is 5.03. The van der Waals surface area contributed by atoms with Crippen molar-refractivity contribution >= 4 is 11.0 Å². The molecule has 1 aliphatic rings. The average molecular weight is 419 g/mol. The van der Waals surface area contributed by atoms with Crippen LogP contribution in [0.2, 0.25) is 0 Å². The molecule has 0 aliphatic carbocycles. The van der Waals surface area contributed by atoms with E-state index in [4.69, 9.17) is 9.72 Å². The summed E-state index contributed by atoms with van der Waals surface area (Å²) in [4.78, 5) is 25.0. The maximum Gasteiger partial charge on any atom is 0.262 e. The second-order valence-corrected chi connectivity index (χ2v) is 8.11. The Kier molecular flexibility index (Phi) is 4.90. The second-order valence-electron chi connectivity index (χ2n) is 8.11. The van der Waals surface area contributed by atoms with Gasteiger partial charge in [-0.1, -0.05) is 0 Å². The highest BCUT2D eigenvalue weighted by Crippen LogP contribution is 2.25. The van der Waals surface area contributed by atoms with E-state index >= 15 is 0 Å². The number of pyridine rings is 1. The number of nitrogens with zero attached hydrogens (tertiary/aromatic N) is 6. The number of H-pyrrole nitrogens is 1. The van der Waals surface area contributed by atoms with E-state index in [-0.39, 0.29) is 11.6 Å². The molecule has 160 valence electrons.